The second kappa shape index (κ2) is 5.02. The molecule has 1 aromatic carbocycles. The number of carboxylic acid groups (broad SMARTS) is 1. The number of hydrogen-bond donors (Lipinski definition) is 1. The van der Waals surface area contributed by atoms with Gasteiger partial charge in [-0.05, 0) is 25.0 Å². The van der Waals surface area contributed by atoms with Gasteiger partial charge in [0.05, 0.1) is 16.3 Å². The van der Waals surface area contributed by atoms with Crippen LogP contribution in [0.5, 0.6) is 0 Å². The monoisotopic (exact) mass is 280 g/mol. The van der Waals surface area contributed by atoms with E-state index in [1.807, 2.05) is 0 Å². The number of aromatic carboxylic acids is 1. The van der Waals surface area contributed by atoms with Crippen molar-refractivity contribution in [1.29, 1.82) is 0 Å². The minimum atomic E-state index is -0.915. The molecule has 0 atom stereocenters. The summed E-state index contributed by atoms with van der Waals surface area (Å²) in [5.74, 6) is -0.915. The average Bonchev–Trinajstić information content (AvgIpc) is 3.23. The van der Waals surface area contributed by atoms with E-state index in [4.69, 9.17) is 11.6 Å². The predicted octanol–water partition coefficient (Wildman–Crippen LogP) is 2.32. The lowest BCUT2D eigenvalue weighted by molar-refractivity contribution is 0.0697. The number of nitrogens with zero attached hydrogens (tertiary/aromatic N) is 2. The van der Waals surface area contributed by atoms with Crippen LogP contribution in [0.2, 0.25) is 5.02 Å². The topological polar surface area (TPSA) is 43.8 Å². The van der Waals surface area contributed by atoms with Crippen LogP contribution in [0.4, 0.5) is 5.69 Å². The van der Waals surface area contributed by atoms with E-state index in [0.717, 1.165) is 32.2 Å². The van der Waals surface area contributed by atoms with Crippen molar-refractivity contribution in [3.63, 3.8) is 0 Å². The van der Waals surface area contributed by atoms with Crippen LogP contribution < -0.4 is 4.90 Å². The highest BCUT2D eigenvalue weighted by atomic mass is 35.5. The van der Waals surface area contributed by atoms with Crippen LogP contribution in [-0.4, -0.2) is 48.2 Å². The molecule has 0 unspecified atom stereocenters. The zero-order chi connectivity index (χ0) is 13.4. The summed E-state index contributed by atoms with van der Waals surface area (Å²) in [4.78, 5) is 15.9. The fourth-order valence-electron chi connectivity index (χ4n) is 2.76. The van der Waals surface area contributed by atoms with Crippen LogP contribution in [0.25, 0.3) is 0 Å². The summed E-state index contributed by atoms with van der Waals surface area (Å²) in [5, 5.41) is 9.80. The quantitative estimate of drug-likeness (QED) is 0.923. The number of benzene rings is 1. The molecule has 5 heteroatoms. The van der Waals surface area contributed by atoms with Gasteiger partial charge in [0.2, 0.25) is 0 Å². The van der Waals surface area contributed by atoms with Crippen LogP contribution >= 0.6 is 11.6 Å². The molecule has 1 N–H and O–H groups in total. The van der Waals surface area contributed by atoms with Crippen LogP contribution in [0.15, 0.2) is 18.2 Å². The van der Waals surface area contributed by atoms with Gasteiger partial charge in [0, 0.05) is 32.2 Å². The van der Waals surface area contributed by atoms with Gasteiger partial charge >= 0.3 is 5.97 Å². The van der Waals surface area contributed by atoms with Crippen LogP contribution in [0.3, 0.4) is 0 Å². The first-order chi connectivity index (χ1) is 9.16. The fourth-order valence-corrected chi connectivity index (χ4v) is 3.05. The molecule has 1 aliphatic heterocycles. The lowest BCUT2D eigenvalue weighted by Gasteiger charge is -2.37. The Balaban J connectivity index is 1.80. The molecule has 1 aliphatic carbocycles. The highest BCUT2D eigenvalue weighted by Gasteiger charge is 2.32. The van der Waals surface area contributed by atoms with Crippen molar-refractivity contribution in [2.45, 2.75) is 18.9 Å². The first kappa shape index (κ1) is 12.8. The van der Waals surface area contributed by atoms with Gasteiger partial charge in [-0.3, -0.25) is 4.90 Å². The number of hydrogen-bond acceptors (Lipinski definition) is 3. The standard InChI is InChI=1S/C14H17ClN2O2/c15-12-3-1-2-11(14(18)19)13(12)17-8-6-16(7-9-17)10-4-5-10/h1-3,10H,4-9H2,(H,18,19). The second-order valence-corrected chi connectivity index (χ2v) is 5.60. The van der Waals surface area contributed by atoms with Crippen molar-refractivity contribution in [3.8, 4) is 0 Å². The van der Waals surface area contributed by atoms with Crippen molar-refractivity contribution in [2.24, 2.45) is 0 Å². The summed E-state index contributed by atoms with van der Waals surface area (Å²) in [6.07, 6.45) is 2.62. The summed E-state index contributed by atoms with van der Waals surface area (Å²) in [6, 6.07) is 5.84. The molecule has 102 valence electrons. The van der Waals surface area contributed by atoms with E-state index < -0.39 is 5.97 Å². The maximum Gasteiger partial charge on any atom is 0.337 e. The number of carbonyl (C=O) groups is 1. The lowest BCUT2D eigenvalue weighted by atomic mass is 10.1. The zero-order valence-electron chi connectivity index (χ0n) is 10.7. The summed E-state index contributed by atoms with van der Waals surface area (Å²) in [5.41, 5.74) is 0.972. The molecule has 3 rings (SSSR count). The van der Waals surface area contributed by atoms with Crippen molar-refractivity contribution in [1.82, 2.24) is 4.90 Å². The minimum absolute atomic E-state index is 0.298. The van der Waals surface area contributed by atoms with Crippen LogP contribution in [0.1, 0.15) is 23.2 Å². The molecule has 0 amide bonds. The SMILES string of the molecule is O=C(O)c1cccc(Cl)c1N1CCN(C2CC2)CC1. The molecule has 0 spiro atoms. The van der Waals surface area contributed by atoms with E-state index in [0.29, 0.717) is 16.3 Å². The molecule has 0 aromatic heterocycles. The van der Waals surface area contributed by atoms with Crippen molar-refractivity contribution < 1.29 is 9.90 Å². The molecule has 19 heavy (non-hydrogen) atoms. The van der Waals surface area contributed by atoms with Gasteiger partial charge in [0.1, 0.15) is 0 Å². The van der Waals surface area contributed by atoms with Crippen molar-refractivity contribution in [2.75, 3.05) is 31.1 Å². The Labute approximate surface area is 117 Å². The Kier molecular flexibility index (Phi) is 3.37. The highest BCUT2D eigenvalue weighted by molar-refractivity contribution is 6.34. The minimum Gasteiger partial charge on any atom is -0.478 e. The predicted molar refractivity (Wildman–Crippen MR) is 75.2 cm³/mol. The van der Waals surface area contributed by atoms with Crippen molar-refractivity contribution >= 4 is 23.3 Å². The third kappa shape index (κ3) is 2.55. The number of piperazine rings is 1. The van der Waals surface area contributed by atoms with E-state index in [2.05, 4.69) is 9.80 Å². The van der Waals surface area contributed by atoms with Gasteiger partial charge in [0.25, 0.3) is 0 Å². The number of para-hydroxylation sites is 1. The van der Waals surface area contributed by atoms with E-state index in [9.17, 15) is 9.90 Å². The first-order valence-corrected chi connectivity index (χ1v) is 7.05. The van der Waals surface area contributed by atoms with E-state index in [1.54, 1.807) is 18.2 Å². The van der Waals surface area contributed by atoms with Gasteiger partial charge < -0.3 is 10.0 Å². The Hall–Kier alpha value is -1.26. The van der Waals surface area contributed by atoms with Crippen LogP contribution in [0, 0.1) is 0 Å². The summed E-state index contributed by atoms with van der Waals surface area (Å²) in [7, 11) is 0. The van der Waals surface area contributed by atoms with Gasteiger partial charge in [-0.15, -0.1) is 0 Å². The molecule has 1 aromatic rings. The third-order valence-corrected chi connectivity index (χ3v) is 4.22. The Bertz CT molecular complexity index is 494. The summed E-state index contributed by atoms with van der Waals surface area (Å²) < 4.78 is 0. The summed E-state index contributed by atoms with van der Waals surface area (Å²) in [6.45, 7) is 3.69. The third-order valence-electron chi connectivity index (χ3n) is 3.91. The smallest absolute Gasteiger partial charge is 0.337 e. The molecule has 0 bridgehead atoms. The van der Waals surface area contributed by atoms with Gasteiger partial charge in [-0.2, -0.15) is 0 Å². The molecule has 0 radical (unpaired) electrons. The molecule has 4 nitrogen and oxygen atoms in total. The largest absolute Gasteiger partial charge is 0.478 e. The lowest BCUT2D eigenvalue weighted by Crippen LogP contribution is -2.47. The van der Waals surface area contributed by atoms with Crippen molar-refractivity contribution in [3.05, 3.63) is 28.8 Å². The zero-order valence-corrected chi connectivity index (χ0v) is 11.4. The van der Waals surface area contributed by atoms with Gasteiger partial charge in [-0.1, -0.05) is 17.7 Å². The molecular weight excluding hydrogens is 264 g/mol. The highest BCUT2D eigenvalue weighted by Crippen LogP contribution is 2.33. The normalized spacial score (nSPS) is 20.6. The molecule has 1 heterocycles. The first-order valence-electron chi connectivity index (χ1n) is 6.67. The Morgan fingerprint density at radius 1 is 1.21 bits per heavy atom. The Morgan fingerprint density at radius 2 is 1.89 bits per heavy atom. The fraction of sp³-hybridized carbons (Fsp3) is 0.500. The number of anilines is 1. The van der Waals surface area contributed by atoms with Crippen LogP contribution in [-0.2, 0) is 0 Å². The Morgan fingerprint density at radius 3 is 2.47 bits per heavy atom. The molecule has 1 saturated heterocycles. The average molecular weight is 281 g/mol. The maximum atomic E-state index is 11.3. The van der Waals surface area contributed by atoms with Gasteiger partial charge in [0.15, 0.2) is 0 Å². The number of rotatable bonds is 3. The van der Waals surface area contributed by atoms with Gasteiger partial charge in [-0.25, -0.2) is 4.79 Å². The summed E-state index contributed by atoms with van der Waals surface area (Å²) >= 11 is 6.20. The van der Waals surface area contributed by atoms with E-state index in [-0.39, 0.29) is 0 Å². The molecule has 1 saturated carbocycles. The molecule has 2 aliphatic rings. The second-order valence-electron chi connectivity index (χ2n) is 5.20. The number of carboxylic acids is 1. The molecule has 2 fully saturated rings. The van der Waals surface area contributed by atoms with E-state index >= 15 is 0 Å². The van der Waals surface area contributed by atoms with E-state index in [1.165, 1.54) is 12.8 Å². The maximum absolute atomic E-state index is 11.3. The molecular formula is C14H17ClN2O2. The number of halogens is 1.